The Morgan fingerprint density at radius 2 is 2.07 bits per heavy atom. The summed E-state index contributed by atoms with van der Waals surface area (Å²) >= 11 is 0. The number of aromatic nitrogens is 2. The molecule has 1 aliphatic heterocycles. The molecular weight excluding hydrogens is 340 g/mol. The number of amides is 1. The molecule has 138 valence electrons. The van der Waals surface area contributed by atoms with Gasteiger partial charge in [0.05, 0.1) is 17.8 Å². The number of anilines is 1. The minimum atomic E-state index is -0.194. The zero-order chi connectivity index (χ0) is 18.2. The molecule has 5 rings (SSSR count). The highest BCUT2D eigenvalue weighted by Gasteiger charge is 2.34. The first-order chi connectivity index (χ1) is 13.3. The van der Waals surface area contributed by atoms with Crippen LogP contribution in [0.5, 0.6) is 0 Å². The molecule has 3 heterocycles. The summed E-state index contributed by atoms with van der Waals surface area (Å²) in [5.41, 5.74) is 2.04. The van der Waals surface area contributed by atoms with E-state index in [9.17, 15) is 4.79 Å². The maximum Gasteiger partial charge on any atom is 0.243 e. The monoisotopic (exact) mass is 362 g/mol. The molecule has 6 heteroatoms. The van der Waals surface area contributed by atoms with Gasteiger partial charge in [0.1, 0.15) is 23.9 Å². The lowest BCUT2D eigenvalue weighted by Gasteiger charge is -2.29. The molecule has 0 bridgehead atoms. The van der Waals surface area contributed by atoms with Gasteiger partial charge in [-0.3, -0.25) is 4.79 Å². The third kappa shape index (κ3) is 2.85. The third-order valence-corrected chi connectivity index (χ3v) is 5.72. The van der Waals surface area contributed by atoms with Crippen molar-refractivity contribution >= 4 is 22.6 Å². The van der Waals surface area contributed by atoms with E-state index in [2.05, 4.69) is 20.2 Å². The average molecular weight is 362 g/mol. The Hall–Kier alpha value is -2.89. The number of fused-ring (bicyclic) bond motifs is 2. The van der Waals surface area contributed by atoms with Crippen molar-refractivity contribution in [1.82, 2.24) is 15.3 Å². The average Bonchev–Trinajstić information content (AvgIpc) is 3.37. The molecule has 2 aromatic heterocycles. The van der Waals surface area contributed by atoms with Gasteiger partial charge in [-0.2, -0.15) is 0 Å². The summed E-state index contributed by atoms with van der Waals surface area (Å²) in [6.45, 7) is 0.834. The Labute approximate surface area is 157 Å². The SMILES string of the molecule is O=C(N[C@@H]1CCCc2occc21)[C@H]1CCCN1c1ncnc2ccccc12. The Morgan fingerprint density at radius 1 is 1.15 bits per heavy atom. The van der Waals surface area contributed by atoms with Gasteiger partial charge in [0.15, 0.2) is 0 Å². The first kappa shape index (κ1) is 16.3. The molecule has 1 aliphatic carbocycles. The predicted molar refractivity (Wildman–Crippen MR) is 102 cm³/mol. The summed E-state index contributed by atoms with van der Waals surface area (Å²) in [4.78, 5) is 24.1. The van der Waals surface area contributed by atoms with Gasteiger partial charge in [-0.25, -0.2) is 9.97 Å². The van der Waals surface area contributed by atoms with Gasteiger partial charge in [-0.05, 0) is 43.9 Å². The van der Waals surface area contributed by atoms with E-state index in [-0.39, 0.29) is 18.0 Å². The molecule has 2 aliphatic rings. The number of furan rings is 1. The molecule has 1 aromatic carbocycles. The number of rotatable bonds is 3. The minimum Gasteiger partial charge on any atom is -0.469 e. The fourth-order valence-corrected chi connectivity index (χ4v) is 4.42. The number of nitrogens with zero attached hydrogens (tertiary/aromatic N) is 3. The number of benzene rings is 1. The van der Waals surface area contributed by atoms with Crippen LogP contribution < -0.4 is 10.2 Å². The molecule has 1 N–H and O–H groups in total. The first-order valence-electron chi connectivity index (χ1n) is 9.64. The molecule has 1 amide bonds. The van der Waals surface area contributed by atoms with Crippen molar-refractivity contribution in [2.75, 3.05) is 11.4 Å². The van der Waals surface area contributed by atoms with Gasteiger partial charge in [0.2, 0.25) is 5.91 Å². The number of carbonyl (C=O) groups excluding carboxylic acids is 1. The van der Waals surface area contributed by atoms with Crippen LogP contribution in [0.2, 0.25) is 0 Å². The van der Waals surface area contributed by atoms with Crippen LogP contribution >= 0.6 is 0 Å². The molecule has 0 saturated carbocycles. The van der Waals surface area contributed by atoms with Crippen molar-refractivity contribution in [2.45, 2.75) is 44.2 Å². The lowest BCUT2D eigenvalue weighted by molar-refractivity contribution is -0.123. The van der Waals surface area contributed by atoms with E-state index < -0.39 is 0 Å². The second kappa shape index (κ2) is 6.68. The summed E-state index contributed by atoms with van der Waals surface area (Å²) in [7, 11) is 0. The van der Waals surface area contributed by atoms with Crippen LogP contribution in [-0.2, 0) is 11.2 Å². The second-order valence-corrected chi connectivity index (χ2v) is 7.32. The van der Waals surface area contributed by atoms with Gasteiger partial charge >= 0.3 is 0 Å². The first-order valence-corrected chi connectivity index (χ1v) is 9.64. The highest BCUT2D eigenvalue weighted by atomic mass is 16.3. The number of hydrogen-bond acceptors (Lipinski definition) is 5. The van der Waals surface area contributed by atoms with Gasteiger partial charge in [-0.15, -0.1) is 0 Å². The molecule has 0 spiro atoms. The highest BCUT2D eigenvalue weighted by molar-refractivity contribution is 5.93. The van der Waals surface area contributed by atoms with Crippen molar-refractivity contribution < 1.29 is 9.21 Å². The van der Waals surface area contributed by atoms with E-state index >= 15 is 0 Å². The van der Waals surface area contributed by atoms with E-state index in [1.54, 1.807) is 12.6 Å². The fourth-order valence-electron chi connectivity index (χ4n) is 4.42. The summed E-state index contributed by atoms with van der Waals surface area (Å²) in [5, 5.41) is 4.26. The summed E-state index contributed by atoms with van der Waals surface area (Å²) in [6.07, 6.45) is 8.09. The lowest BCUT2D eigenvalue weighted by Crippen LogP contribution is -2.45. The molecule has 27 heavy (non-hydrogen) atoms. The van der Waals surface area contributed by atoms with Gasteiger partial charge in [0, 0.05) is 23.9 Å². The Kier molecular flexibility index (Phi) is 4.03. The minimum absolute atomic E-state index is 0.0459. The predicted octanol–water partition coefficient (Wildman–Crippen LogP) is 3.39. The van der Waals surface area contributed by atoms with E-state index in [0.29, 0.717) is 0 Å². The van der Waals surface area contributed by atoms with Crippen LogP contribution in [-0.4, -0.2) is 28.5 Å². The van der Waals surface area contributed by atoms with E-state index in [4.69, 9.17) is 4.42 Å². The number of para-hydroxylation sites is 1. The Balaban J connectivity index is 1.41. The van der Waals surface area contributed by atoms with Crippen LogP contribution in [0.3, 0.4) is 0 Å². The number of carbonyl (C=O) groups is 1. The maximum atomic E-state index is 13.1. The number of aryl methyl sites for hydroxylation is 1. The van der Waals surface area contributed by atoms with Gasteiger partial charge in [0.25, 0.3) is 0 Å². The zero-order valence-electron chi connectivity index (χ0n) is 15.1. The van der Waals surface area contributed by atoms with Gasteiger partial charge in [-0.1, -0.05) is 12.1 Å². The van der Waals surface area contributed by atoms with E-state index in [0.717, 1.165) is 66.7 Å². The molecule has 2 atom stereocenters. The third-order valence-electron chi connectivity index (χ3n) is 5.72. The van der Waals surface area contributed by atoms with E-state index in [1.165, 1.54) is 0 Å². The van der Waals surface area contributed by atoms with Crippen LogP contribution in [0, 0.1) is 0 Å². The van der Waals surface area contributed by atoms with Gasteiger partial charge < -0.3 is 14.6 Å². The van der Waals surface area contributed by atoms with Crippen LogP contribution in [0.25, 0.3) is 10.9 Å². The Bertz CT molecular complexity index is 978. The molecular formula is C21H22N4O2. The summed E-state index contributed by atoms with van der Waals surface area (Å²) in [5.74, 6) is 1.94. The van der Waals surface area contributed by atoms with Crippen molar-refractivity contribution in [3.8, 4) is 0 Å². The Morgan fingerprint density at radius 3 is 3.04 bits per heavy atom. The van der Waals surface area contributed by atoms with E-state index in [1.807, 2.05) is 30.3 Å². The molecule has 3 aromatic rings. The molecule has 1 saturated heterocycles. The summed E-state index contributed by atoms with van der Waals surface area (Å²) in [6, 6.07) is 9.81. The molecule has 0 radical (unpaired) electrons. The van der Waals surface area contributed by atoms with Crippen LogP contribution in [0.4, 0.5) is 5.82 Å². The summed E-state index contributed by atoms with van der Waals surface area (Å²) < 4.78 is 5.55. The van der Waals surface area contributed by atoms with Crippen LogP contribution in [0.1, 0.15) is 43.0 Å². The van der Waals surface area contributed by atoms with Crippen molar-refractivity contribution in [2.24, 2.45) is 0 Å². The quantitative estimate of drug-likeness (QED) is 0.773. The lowest BCUT2D eigenvalue weighted by atomic mass is 9.93. The molecule has 0 unspecified atom stereocenters. The normalized spacial score (nSPS) is 22.0. The zero-order valence-corrected chi connectivity index (χ0v) is 15.1. The standard InChI is InChI=1S/C21H22N4O2/c26-21(24-17-7-3-9-19-14(17)10-12-27-19)18-8-4-11-25(18)20-15-5-1-2-6-16(15)22-13-23-20/h1-2,5-6,10,12-13,17-18H,3-4,7-9,11H2,(H,24,26)/t17-,18-/m1/s1. The van der Waals surface area contributed by atoms with Crippen molar-refractivity contribution in [1.29, 1.82) is 0 Å². The fraction of sp³-hybridized carbons (Fsp3) is 0.381. The molecule has 1 fully saturated rings. The molecule has 6 nitrogen and oxygen atoms in total. The smallest absolute Gasteiger partial charge is 0.243 e. The number of hydrogen-bond donors (Lipinski definition) is 1. The van der Waals surface area contributed by atoms with Crippen molar-refractivity contribution in [3.05, 3.63) is 54.2 Å². The van der Waals surface area contributed by atoms with Crippen LogP contribution in [0.15, 0.2) is 47.3 Å². The highest BCUT2D eigenvalue weighted by Crippen LogP contribution is 2.33. The van der Waals surface area contributed by atoms with Crippen molar-refractivity contribution in [3.63, 3.8) is 0 Å². The second-order valence-electron chi connectivity index (χ2n) is 7.32. The largest absolute Gasteiger partial charge is 0.469 e. The topological polar surface area (TPSA) is 71.3 Å². The maximum absolute atomic E-state index is 13.1. The number of nitrogens with one attached hydrogen (secondary N) is 1.